The summed E-state index contributed by atoms with van der Waals surface area (Å²) in [5, 5.41) is 5.76. The Labute approximate surface area is 476 Å². The molecule has 1 saturated heterocycles. The number of carbonyl (C=O) groups is 8. The monoisotopic (exact) mass is 1120 g/mol. The number of anilines is 1. The second kappa shape index (κ2) is 25.4. The molecule has 4 aromatic rings. The van der Waals surface area contributed by atoms with Crippen LogP contribution in [0.5, 0.6) is 17.2 Å². The average Bonchev–Trinajstić information content (AvgIpc) is 4.22. The van der Waals surface area contributed by atoms with Gasteiger partial charge in [-0.05, 0) is 89.9 Å². The van der Waals surface area contributed by atoms with Crippen molar-refractivity contribution >= 4 is 87.8 Å². The van der Waals surface area contributed by atoms with E-state index in [9.17, 15) is 38.4 Å². The van der Waals surface area contributed by atoms with Crippen LogP contribution in [0.15, 0.2) is 95.2 Å². The van der Waals surface area contributed by atoms with Crippen molar-refractivity contribution in [3.8, 4) is 17.2 Å². The first-order valence-electron chi connectivity index (χ1n) is 27.9. The van der Waals surface area contributed by atoms with Crippen LogP contribution in [0.1, 0.15) is 133 Å². The molecule has 6 amide bonds. The normalized spacial score (nSPS) is 18.6. The Morgan fingerprint density at radius 1 is 0.695 bits per heavy atom. The van der Waals surface area contributed by atoms with Gasteiger partial charge in [0.15, 0.2) is 17.3 Å². The van der Waals surface area contributed by atoms with Gasteiger partial charge >= 0.3 is 5.97 Å². The lowest BCUT2D eigenvalue weighted by molar-refractivity contribution is -0.139. The molecule has 0 bridgehead atoms. The maximum absolute atomic E-state index is 14.1. The Bertz CT molecular complexity index is 3310. The largest absolute Gasteiger partial charge is 0.493 e. The van der Waals surface area contributed by atoms with Gasteiger partial charge in [-0.25, -0.2) is 4.79 Å². The lowest BCUT2D eigenvalue weighted by Crippen LogP contribution is -2.45. The minimum Gasteiger partial charge on any atom is -0.493 e. The van der Waals surface area contributed by atoms with Crippen LogP contribution >= 0.6 is 0 Å². The van der Waals surface area contributed by atoms with Crippen LogP contribution in [-0.4, -0.2) is 126 Å². The maximum atomic E-state index is 14.1. The molecule has 0 aromatic heterocycles. The average molecular weight is 1120 g/mol. The number of methoxy groups -OCH3 is 2. The van der Waals surface area contributed by atoms with Gasteiger partial charge < -0.3 is 39.4 Å². The molecule has 0 spiro atoms. The quantitative estimate of drug-likeness (QED) is 0.0402. The van der Waals surface area contributed by atoms with Crippen molar-refractivity contribution in [1.82, 2.24) is 20.0 Å². The van der Waals surface area contributed by atoms with Crippen LogP contribution in [-0.2, 0) is 28.7 Å². The molecule has 5 aliphatic rings. The van der Waals surface area contributed by atoms with Gasteiger partial charge in [-0.3, -0.25) is 48.4 Å². The highest BCUT2D eigenvalue weighted by Gasteiger charge is 2.37. The zero-order chi connectivity index (χ0) is 58.4. The number of unbranched alkanes of at least 4 members (excludes halogenated alkanes) is 2. The van der Waals surface area contributed by atoms with Gasteiger partial charge in [0, 0.05) is 99.6 Å². The Kier molecular flexibility index (Phi) is 17.9. The van der Waals surface area contributed by atoms with E-state index in [-0.39, 0.29) is 91.0 Å². The number of ketones is 1. The van der Waals surface area contributed by atoms with Crippen LogP contribution in [0.4, 0.5) is 17.1 Å². The van der Waals surface area contributed by atoms with Crippen molar-refractivity contribution in [2.24, 2.45) is 27.7 Å². The zero-order valence-corrected chi connectivity index (χ0v) is 47.3. The van der Waals surface area contributed by atoms with Crippen molar-refractivity contribution in [3.63, 3.8) is 0 Å². The Hall–Kier alpha value is -8.74. The van der Waals surface area contributed by atoms with Crippen LogP contribution in [0.25, 0.3) is 11.1 Å². The first-order chi connectivity index (χ1) is 39.4. The third kappa shape index (κ3) is 12.9. The number of aryl methyl sites for hydroxylation is 1. The summed E-state index contributed by atoms with van der Waals surface area (Å²) in [6.45, 7) is 9.92. The van der Waals surface area contributed by atoms with E-state index in [0.717, 1.165) is 27.8 Å². The number of hydrogen-bond acceptors (Lipinski definition) is 14. The molecule has 2 unspecified atom stereocenters. The third-order valence-electron chi connectivity index (χ3n) is 15.5. The van der Waals surface area contributed by atoms with Crippen LogP contribution in [0.3, 0.4) is 0 Å². The number of esters is 1. The standard InChI is InChI=1S/C63H69N7O12/c1-36(2)58(67-56(72)12-9-8-10-21-68-57(73)26-39(5)60(68)75)52(71)25-38(4)59(74)66-45-19-17-41(18-20-45)44-28-47-33-65-51-31-55(54(79-6)29-49(51)62(77)70(47)35-44)82-23-11-22-81-53-30-50-48(24-37(53)3)61(76)69-34-43(27-46(69)32-64-50)40-13-15-42(16-14-40)63(78)80-7/h13-20,24,29-36,38-39,46-47,58H,8-12,21-23,25-28H2,1-7H3,(H,66,74)(H,67,72)/t38?,39?,46-,47-,58-/m0/s1. The highest BCUT2D eigenvalue weighted by Crippen LogP contribution is 2.41. The number of nitrogens with zero attached hydrogens (tertiary/aromatic N) is 5. The van der Waals surface area contributed by atoms with Crippen molar-refractivity contribution in [1.29, 1.82) is 0 Å². The number of nitrogens with one attached hydrogen (secondary N) is 2. The molecule has 2 N–H and O–H groups in total. The first-order valence-corrected chi connectivity index (χ1v) is 27.9. The summed E-state index contributed by atoms with van der Waals surface area (Å²) in [5.41, 5.74) is 7.21. The van der Waals surface area contributed by atoms with Crippen LogP contribution in [0.2, 0.25) is 0 Å². The number of aliphatic imine (C=N–C) groups is 2. The summed E-state index contributed by atoms with van der Waals surface area (Å²) in [7, 11) is 2.85. The minimum atomic E-state index is -0.755. The predicted molar refractivity (Wildman–Crippen MR) is 309 cm³/mol. The van der Waals surface area contributed by atoms with E-state index in [1.165, 1.54) is 19.1 Å². The fraction of sp³-hybridized carbons (Fsp3) is 0.397. The summed E-state index contributed by atoms with van der Waals surface area (Å²) in [6, 6.07) is 20.0. The van der Waals surface area contributed by atoms with E-state index in [1.54, 1.807) is 84.6 Å². The summed E-state index contributed by atoms with van der Waals surface area (Å²) in [5.74, 6) is -1.71. The molecule has 5 atom stereocenters. The molecule has 428 valence electrons. The Balaban J connectivity index is 0.729. The van der Waals surface area contributed by atoms with E-state index in [0.29, 0.717) is 103 Å². The number of imide groups is 1. The summed E-state index contributed by atoms with van der Waals surface area (Å²) < 4.78 is 22.9. The number of likely N-dealkylation sites (tertiary alicyclic amines) is 1. The molecule has 5 aliphatic heterocycles. The number of Topliss-reactive ketones (excluding diaryl/α,β-unsaturated/α-hetero) is 1. The lowest BCUT2D eigenvalue weighted by Gasteiger charge is -2.23. The molecule has 0 aliphatic carbocycles. The van der Waals surface area contributed by atoms with E-state index in [2.05, 4.69) is 10.6 Å². The van der Waals surface area contributed by atoms with Crippen molar-refractivity contribution < 1.29 is 57.3 Å². The molecular formula is C63H69N7O12. The van der Waals surface area contributed by atoms with Crippen molar-refractivity contribution in [2.75, 3.05) is 39.3 Å². The van der Waals surface area contributed by atoms with Crippen molar-refractivity contribution in [3.05, 3.63) is 119 Å². The Morgan fingerprint density at radius 3 is 1.85 bits per heavy atom. The second-order valence-corrected chi connectivity index (χ2v) is 21.8. The number of hydrogen-bond donors (Lipinski definition) is 2. The molecular weight excluding hydrogens is 1050 g/mol. The van der Waals surface area contributed by atoms with Gasteiger partial charge in [-0.15, -0.1) is 0 Å². The molecule has 5 heterocycles. The van der Waals surface area contributed by atoms with E-state index < -0.39 is 17.9 Å². The fourth-order valence-corrected chi connectivity index (χ4v) is 10.7. The third-order valence-corrected chi connectivity index (χ3v) is 15.5. The van der Waals surface area contributed by atoms with Gasteiger partial charge in [0.1, 0.15) is 5.75 Å². The second-order valence-electron chi connectivity index (χ2n) is 21.8. The maximum Gasteiger partial charge on any atom is 0.337 e. The van der Waals surface area contributed by atoms with Crippen LogP contribution in [0, 0.1) is 24.7 Å². The summed E-state index contributed by atoms with van der Waals surface area (Å²) >= 11 is 0. The number of rotatable bonds is 23. The van der Waals surface area contributed by atoms with Gasteiger partial charge in [-0.2, -0.15) is 0 Å². The van der Waals surface area contributed by atoms with Crippen molar-refractivity contribution in [2.45, 2.75) is 111 Å². The molecule has 19 nitrogen and oxygen atoms in total. The Morgan fingerprint density at radius 2 is 1.28 bits per heavy atom. The molecule has 0 saturated carbocycles. The van der Waals surface area contributed by atoms with Gasteiger partial charge in [0.2, 0.25) is 23.6 Å². The lowest BCUT2D eigenvalue weighted by atomic mass is 9.92. The smallest absolute Gasteiger partial charge is 0.337 e. The number of benzene rings is 4. The SMILES string of the molecule is COC(=O)c1ccc(C2=CN3C(=O)c4cc(C)c(OCCCOc5cc6c(cc5OC)C(=O)N5C=C(c7ccc(NC(=O)C(C)CC(=O)[C@@H](NC(=O)CCCCCN8C(=O)CC(C)C8=O)C(C)C)cc7)C[C@H]5C=N6)cc4N=C[C@@H]3C2)cc1. The van der Waals surface area contributed by atoms with Crippen LogP contribution < -0.4 is 24.8 Å². The zero-order valence-electron chi connectivity index (χ0n) is 47.3. The predicted octanol–water partition coefficient (Wildman–Crippen LogP) is 9.21. The molecule has 82 heavy (non-hydrogen) atoms. The van der Waals surface area contributed by atoms with E-state index in [1.807, 2.05) is 57.4 Å². The number of ether oxygens (including phenoxy) is 4. The number of carbonyl (C=O) groups excluding carboxylic acids is 8. The van der Waals surface area contributed by atoms with E-state index >= 15 is 0 Å². The minimum absolute atomic E-state index is 0.0650. The topological polar surface area (TPSA) is 232 Å². The first kappa shape index (κ1) is 57.9. The summed E-state index contributed by atoms with van der Waals surface area (Å²) in [4.78, 5) is 118. The highest BCUT2D eigenvalue weighted by atomic mass is 16.5. The summed E-state index contributed by atoms with van der Waals surface area (Å²) in [6.07, 6.45) is 11.0. The highest BCUT2D eigenvalue weighted by molar-refractivity contribution is 6.07. The molecule has 0 radical (unpaired) electrons. The van der Waals surface area contributed by atoms with Gasteiger partial charge in [-0.1, -0.05) is 58.4 Å². The van der Waals surface area contributed by atoms with E-state index in [4.69, 9.17) is 28.9 Å². The number of amides is 6. The molecule has 4 aromatic carbocycles. The molecule has 1 fully saturated rings. The molecule has 9 rings (SSSR count). The number of fused-ring (bicyclic) bond motifs is 4. The van der Waals surface area contributed by atoms with Gasteiger partial charge in [0.25, 0.3) is 11.8 Å². The van der Waals surface area contributed by atoms with Gasteiger partial charge in [0.05, 0.1) is 73.6 Å². The fourth-order valence-electron chi connectivity index (χ4n) is 10.7. The molecule has 19 heteroatoms.